The first kappa shape index (κ1) is 64.8. The van der Waals surface area contributed by atoms with Gasteiger partial charge in [0.05, 0.1) is 13.2 Å². The minimum atomic E-state index is -5.37. The molecule has 1 saturated heterocycles. The average molecular weight is 1030 g/mol. The van der Waals surface area contributed by atoms with Gasteiger partial charge >= 0.3 is 19.8 Å². The first-order chi connectivity index (χ1) is 33.6. The summed E-state index contributed by atoms with van der Waals surface area (Å²) in [6, 6.07) is 0. The molecule has 0 radical (unpaired) electrons. The Morgan fingerprint density at radius 2 is 0.943 bits per heavy atom. The fraction of sp³-hybridized carbons (Fsp3) is 0.961. The van der Waals surface area contributed by atoms with Crippen LogP contribution < -0.4 is 0 Å². The Morgan fingerprint density at radius 1 is 0.529 bits per heavy atom. The first-order valence-corrected chi connectivity index (χ1v) is 28.7. The molecule has 70 heavy (non-hydrogen) atoms. The van der Waals surface area contributed by atoms with Crippen LogP contribution in [0.5, 0.6) is 0 Å². The lowest BCUT2D eigenvalue weighted by Gasteiger charge is -2.47. The van der Waals surface area contributed by atoms with Crippen molar-refractivity contribution in [3.63, 3.8) is 0 Å². The Balaban J connectivity index is 1.93. The standard InChI is InChI=1S/C51H97O18P/c1-4-6-8-10-12-13-14-15-16-17-18-19-25-29-33-41(54)66-38(35-64-40(53)32-28-24-21-20-23-27-31-37(3)30-26-22-11-9-7-5-2)36-65-70(62,63)69-50-47(60)45(58)44(57)46(59)49(50)68-51-48(61)43(56)42(55)39(34-52)67-51/h37-39,42-52,55-61H,4-36H2,1-3H3,(H,62,63). The molecule has 1 heterocycles. The zero-order valence-electron chi connectivity index (χ0n) is 43.0. The predicted octanol–water partition coefficient (Wildman–Crippen LogP) is 6.96. The number of unbranched alkanes of at least 4 members (excludes halogenated alkanes) is 23. The average Bonchev–Trinajstić information content (AvgIpc) is 3.33. The Labute approximate surface area is 419 Å². The highest BCUT2D eigenvalue weighted by Gasteiger charge is 2.55. The molecule has 14 atom stereocenters. The summed E-state index contributed by atoms with van der Waals surface area (Å²) in [6.45, 7) is 4.60. The molecule has 2 rings (SSSR count). The van der Waals surface area contributed by atoms with E-state index in [1.165, 1.54) is 116 Å². The van der Waals surface area contributed by atoms with E-state index < -0.39 is 113 Å². The van der Waals surface area contributed by atoms with Crippen LogP contribution in [0.3, 0.4) is 0 Å². The highest BCUT2D eigenvalue weighted by Crippen LogP contribution is 2.48. The van der Waals surface area contributed by atoms with Crippen LogP contribution in [-0.2, 0) is 42.1 Å². The van der Waals surface area contributed by atoms with Gasteiger partial charge in [-0.05, 0) is 18.8 Å². The van der Waals surface area contributed by atoms with Crippen LogP contribution in [0.25, 0.3) is 0 Å². The number of hydrogen-bond donors (Lipinski definition) is 9. The fourth-order valence-electron chi connectivity index (χ4n) is 9.13. The quantitative estimate of drug-likeness (QED) is 0.0170. The van der Waals surface area contributed by atoms with E-state index in [2.05, 4.69) is 20.8 Å². The van der Waals surface area contributed by atoms with Crippen LogP contribution in [0.4, 0.5) is 0 Å². The molecule has 18 nitrogen and oxygen atoms in total. The number of carbonyl (C=O) groups is 2. The molecule has 1 aliphatic heterocycles. The predicted molar refractivity (Wildman–Crippen MR) is 263 cm³/mol. The van der Waals surface area contributed by atoms with Crippen LogP contribution in [0, 0.1) is 5.92 Å². The summed E-state index contributed by atoms with van der Waals surface area (Å²) in [5.41, 5.74) is 0. The van der Waals surface area contributed by atoms with Gasteiger partial charge in [0.15, 0.2) is 12.4 Å². The summed E-state index contributed by atoms with van der Waals surface area (Å²) in [6.07, 6.45) is 8.90. The maximum absolute atomic E-state index is 13.4. The molecule has 1 aliphatic carbocycles. The second kappa shape index (κ2) is 38.2. The van der Waals surface area contributed by atoms with Crippen molar-refractivity contribution in [2.24, 2.45) is 5.92 Å². The normalized spacial score (nSPS) is 27.7. The summed E-state index contributed by atoms with van der Waals surface area (Å²) >= 11 is 0. The van der Waals surface area contributed by atoms with Gasteiger partial charge in [0.1, 0.15) is 67.6 Å². The fourth-order valence-corrected chi connectivity index (χ4v) is 10.1. The smallest absolute Gasteiger partial charge is 0.462 e. The molecular formula is C51H97O18P. The second-order valence-corrected chi connectivity index (χ2v) is 21.5. The second-order valence-electron chi connectivity index (χ2n) is 20.1. The third-order valence-corrected chi connectivity index (χ3v) is 14.7. The maximum Gasteiger partial charge on any atom is 0.472 e. The van der Waals surface area contributed by atoms with Gasteiger partial charge < -0.3 is 64.7 Å². The van der Waals surface area contributed by atoms with Crippen LogP contribution in [-0.4, -0.2) is 151 Å². The Kier molecular flexibility index (Phi) is 35.4. The lowest BCUT2D eigenvalue weighted by molar-refractivity contribution is -0.338. The zero-order chi connectivity index (χ0) is 51.7. The molecule has 19 heteroatoms. The third kappa shape index (κ3) is 26.7. The van der Waals surface area contributed by atoms with Gasteiger partial charge in [0.25, 0.3) is 0 Å². The molecule has 2 fully saturated rings. The van der Waals surface area contributed by atoms with Crippen LogP contribution >= 0.6 is 7.82 Å². The van der Waals surface area contributed by atoms with Crippen molar-refractivity contribution in [2.75, 3.05) is 19.8 Å². The summed E-state index contributed by atoms with van der Waals surface area (Å²) in [7, 11) is -5.37. The highest BCUT2D eigenvalue weighted by molar-refractivity contribution is 7.47. The Morgan fingerprint density at radius 3 is 1.41 bits per heavy atom. The van der Waals surface area contributed by atoms with Crippen molar-refractivity contribution in [3.05, 3.63) is 0 Å². The monoisotopic (exact) mass is 1030 g/mol. The van der Waals surface area contributed by atoms with Gasteiger partial charge in [0, 0.05) is 12.8 Å². The van der Waals surface area contributed by atoms with Gasteiger partial charge in [-0.2, -0.15) is 0 Å². The summed E-state index contributed by atoms with van der Waals surface area (Å²) in [5.74, 6) is -0.469. The number of hydrogen-bond acceptors (Lipinski definition) is 17. The number of ether oxygens (including phenoxy) is 4. The van der Waals surface area contributed by atoms with Crippen molar-refractivity contribution in [1.29, 1.82) is 0 Å². The molecule has 414 valence electrons. The maximum atomic E-state index is 13.4. The molecule has 0 bridgehead atoms. The summed E-state index contributed by atoms with van der Waals surface area (Å²) in [5, 5.41) is 83.1. The van der Waals surface area contributed by atoms with Gasteiger partial charge in [-0.15, -0.1) is 0 Å². The van der Waals surface area contributed by atoms with E-state index in [0.29, 0.717) is 12.8 Å². The highest BCUT2D eigenvalue weighted by atomic mass is 31.2. The minimum Gasteiger partial charge on any atom is -0.462 e. The molecule has 9 N–H and O–H groups in total. The number of phosphoric acid groups is 1. The molecule has 0 aromatic heterocycles. The zero-order valence-corrected chi connectivity index (χ0v) is 43.9. The number of esters is 2. The molecular weight excluding hydrogens is 932 g/mol. The number of aliphatic hydroxyl groups excluding tert-OH is 8. The molecule has 2 aliphatic rings. The van der Waals surface area contributed by atoms with Crippen LogP contribution in [0.2, 0.25) is 0 Å². The third-order valence-electron chi connectivity index (χ3n) is 13.7. The number of carbonyl (C=O) groups excluding carboxylic acids is 2. The van der Waals surface area contributed by atoms with E-state index in [0.717, 1.165) is 57.3 Å². The van der Waals surface area contributed by atoms with E-state index in [-0.39, 0.29) is 12.8 Å². The molecule has 1 saturated carbocycles. The van der Waals surface area contributed by atoms with Crippen molar-refractivity contribution in [3.8, 4) is 0 Å². The molecule has 0 aromatic carbocycles. The largest absolute Gasteiger partial charge is 0.472 e. The summed E-state index contributed by atoms with van der Waals surface area (Å²) < 4.78 is 45.6. The first-order valence-electron chi connectivity index (χ1n) is 27.3. The van der Waals surface area contributed by atoms with E-state index in [1.807, 2.05) is 0 Å². The van der Waals surface area contributed by atoms with Crippen molar-refractivity contribution < 1.29 is 87.9 Å². The van der Waals surface area contributed by atoms with Gasteiger partial charge in [0.2, 0.25) is 0 Å². The van der Waals surface area contributed by atoms with Gasteiger partial charge in [-0.1, -0.05) is 188 Å². The van der Waals surface area contributed by atoms with Gasteiger partial charge in [-0.3, -0.25) is 18.6 Å². The van der Waals surface area contributed by atoms with Crippen molar-refractivity contribution in [2.45, 2.75) is 287 Å². The topological polar surface area (TPSA) is 289 Å². The van der Waals surface area contributed by atoms with E-state index >= 15 is 0 Å². The summed E-state index contributed by atoms with van der Waals surface area (Å²) in [4.78, 5) is 36.7. The molecule has 0 amide bonds. The van der Waals surface area contributed by atoms with E-state index in [4.69, 9.17) is 28.0 Å². The molecule has 14 unspecified atom stereocenters. The molecule has 0 aromatic rings. The number of aliphatic hydroxyl groups is 8. The van der Waals surface area contributed by atoms with Crippen molar-refractivity contribution in [1.82, 2.24) is 0 Å². The SMILES string of the molecule is CCCCCCCCCCCCCCCCC(=O)OC(COC(=O)CCCCCCCCC(C)CCCCCCCC)COP(=O)(O)OC1C(O)C(O)C(O)C(O)C1OC1OC(CO)C(O)C(O)C1O. The van der Waals surface area contributed by atoms with Crippen LogP contribution in [0.1, 0.15) is 213 Å². The van der Waals surface area contributed by atoms with E-state index in [9.17, 15) is 59.9 Å². The minimum absolute atomic E-state index is 0.0388. The van der Waals surface area contributed by atoms with Crippen molar-refractivity contribution >= 4 is 19.8 Å². The Bertz CT molecular complexity index is 1380. The van der Waals surface area contributed by atoms with E-state index in [1.54, 1.807) is 0 Å². The van der Waals surface area contributed by atoms with Crippen LogP contribution in [0.15, 0.2) is 0 Å². The van der Waals surface area contributed by atoms with Gasteiger partial charge in [-0.25, -0.2) is 4.57 Å². The number of rotatable bonds is 42. The lowest BCUT2D eigenvalue weighted by atomic mass is 9.84. The lowest BCUT2D eigenvalue weighted by Crippen LogP contribution is -2.67. The molecule has 0 spiro atoms. The number of phosphoric ester groups is 1. The Hall–Kier alpha value is -1.35.